The van der Waals surface area contributed by atoms with E-state index in [0.29, 0.717) is 5.56 Å². The number of rotatable bonds is 4. The summed E-state index contributed by atoms with van der Waals surface area (Å²) in [6, 6.07) is 13.6. The maximum Gasteiger partial charge on any atom is 0.274 e. The summed E-state index contributed by atoms with van der Waals surface area (Å²) < 4.78 is 0. The Bertz CT molecular complexity index is 634. The minimum Gasteiger partial charge on any atom is -0.322 e. The number of hydroxylamine groups is 1. The van der Waals surface area contributed by atoms with Crippen molar-refractivity contribution in [1.82, 2.24) is 5.48 Å². The van der Waals surface area contributed by atoms with Crippen LogP contribution in [0.15, 0.2) is 48.5 Å². The van der Waals surface area contributed by atoms with Crippen molar-refractivity contribution < 1.29 is 14.8 Å². The highest BCUT2D eigenvalue weighted by atomic mass is 16.5. The first kappa shape index (κ1) is 14.7. The monoisotopic (exact) mass is 284 g/mol. The Balaban J connectivity index is 2.07. The van der Waals surface area contributed by atoms with Crippen molar-refractivity contribution in [2.45, 2.75) is 13.3 Å². The number of aryl methyl sites for hydroxylation is 1. The molecule has 0 bridgehead atoms. The first-order valence-electron chi connectivity index (χ1n) is 6.59. The largest absolute Gasteiger partial charge is 0.322 e. The summed E-state index contributed by atoms with van der Waals surface area (Å²) in [6.45, 7) is 2.07. The van der Waals surface area contributed by atoms with E-state index in [1.54, 1.807) is 5.48 Å². The maximum atomic E-state index is 12.1. The van der Waals surface area contributed by atoms with E-state index in [9.17, 15) is 9.59 Å². The number of nitrogens with one attached hydrogen (secondary N) is 2. The van der Waals surface area contributed by atoms with Crippen LogP contribution in [-0.2, 0) is 6.42 Å². The van der Waals surface area contributed by atoms with Crippen LogP contribution in [0.5, 0.6) is 0 Å². The zero-order valence-electron chi connectivity index (χ0n) is 11.6. The summed E-state index contributed by atoms with van der Waals surface area (Å²) in [4.78, 5) is 23.2. The van der Waals surface area contributed by atoms with Crippen LogP contribution in [0.1, 0.15) is 33.2 Å². The lowest BCUT2D eigenvalue weighted by Gasteiger charge is -2.06. The van der Waals surface area contributed by atoms with Crippen LogP contribution in [0, 0.1) is 0 Å². The quantitative estimate of drug-likeness (QED) is 0.596. The molecule has 0 aliphatic rings. The van der Waals surface area contributed by atoms with Gasteiger partial charge in [-0.2, -0.15) is 0 Å². The Labute approximate surface area is 122 Å². The molecule has 3 N–H and O–H groups in total. The Kier molecular flexibility index (Phi) is 4.68. The maximum absolute atomic E-state index is 12.1. The molecule has 5 nitrogen and oxygen atoms in total. The van der Waals surface area contributed by atoms with Crippen molar-refractivity contribution in [2.75, 3.05) is 5.32 Å². The predicted octanol–water partition coefficient (Wildman–Crippen LogP) is 2.62. The zero-order valence-corrected chi connectivity index (χ0v) is 11.6. The third-order valence-corrected chi connectivity index (χ3v) is 3.13. The van der Waals surface area contributed by atoms with E-state index in [-0.39, 0.29) is 11.5 Å². The van der Waals surface area contributed by atoms with E-state index in [4.69, 9.17) is 5.21 Å². The number of anilines is 1. The van der Waals surface area contributed by atoms with Gasteiger partial charge in [-0.05, 0) is 48.4 Å². The fraction of sp³-hybridized carbons (Fsp3) is 0.125. The van der Waals surface area contributed by atoms with Crippen LogP contribution in [0.2, 0.25) is 0 Å². The van der Waals surface area contributed by atoms with Crippen LogP contribution in [0.3, 0.4) is 0 Å². The molecule has 2 aromatic carbocycles. The van der Waals surface area contributed by atoms with Gasteiger partial charge in [0.15, 0.2) is 0 Å². The average Bonchev–Trinajstić information content (AvgIpc) is 2.55. The van der Waals surface area contributed by atoms with Gasteiger partial charge in [0.1, 0.15) is 0 Å². The Hall–Kier alpha value is -2.66. The molecule has 0 spiro atoms. The van der Waals surface area contributed by atoms with Crippen molar-refractivity contribution in [3.8, 4) is 0 Å². The minimum atomic E-state index is -0.614. The first-order chi connectivity index (χ1) is 10.1. The van der Waals surface area contributed by atoms with E-state index >= 15 is 0 Å². The molecular formula is C16H16N2O3. The van der Waals surface area contributed by atoms with E-state index in [0.717, 1.165) is 12.1 Å². The molecule has 0 radical (unpaired) electrons. The minimum absolute atomic E-state index is 0.254. The lowest BCUT2D eigenvalue weighted by atomic mass is 10.1. The van der Waals surface area contributed by atoms with Crippen LogP contribution < -0.4 is 10.8 Å². The lowest BCUT2D eigenvalue weighted by Crippen LogP contribution is -2.19. The molecule has 2 rings (SSSR count). The molecule has 0 aliphatic carbocycles. The molecule has 0 saturated carbocycles. The molecule has 0 heterocycles. The molecule has 0 saturated heterocycles. The van der Waals surface area contributed by atoms with E-state index < -0.39 is 5.91 Å². The van der Waals surface area contributed by atoms with Crippen LogP contribution in [0.25, 0.3) is 0 Å². The molecule has 0 aromatic heterocycles. The van der Waals surface area contributed by atoms with Crippen LogP contribution in [-0.4, -0.2) is 17.0 Å². The summed E-state index contributed by atoms with van der Waals surface area (Å²) in [5, 5.41) is 11.3. The van der Waals surface area contributed by atoms with E-state index in [1.807, 2.05) is 24.3 Å². The predicted molar refractivity (Wildman–Crippen MR) is 79.5 cm³/mol. The molecule has 0 aliphatic heterocycles. The number of benzene rings is 2. The van der Waals surface area contributed by atoms with Crippen molar-refractivity contribution in [1.29, 1.82) is 0 Å². The highest BCUT2D eigenvalue weighted by Crippen LogP contribution is 2.12. The number of amides is 2. The van der Waals surface area contributed by atoms with Crippen molar-refractivity contribution in [3.05, 3.63) is 65.2 Å². The Morgan fingerprint density at radius 2 is 1.43 bits per heavy atom. The van der Waals surface area contributed by atoms with Gasteiger partial charge in [-0.3, -0.25) is 14.8 Å². The fourth-order valence-corrected chi connectivity index (χ4v) is 1.86. The summed E-state index contributed by atoms with van der Waals surface area (Å²) in [5.41, 5.74) is 4.17. The molecule has 21 heavy (non-hydrogen) atoms. The van der Waals surface area contributed by atoms with Gasteiger partial charge in [0.2, 0.25) is 0 Å². The fourth-order valence-electron chi connectivity index (χ4n) is 1.86. The van der Waals surface area contributed by atoms with Gasteiger partial charge in [0.05, 0.1) is 0 Å². The standard InChI is InChI=1S/C16H16N2O3/c1-2-11-3-9-14(10-4-11)17-15(19)12-5-7-13(8-6-12)16(20)18-21/h3-10,21H,2H2,1H3,(H,17,19)(H,18,20). The summed E-state index contributed by atoms with van der Waals surface area (Å²) in [7, 11) is 0. The third kappa shape index (κ3) is 3.67. The zero-order chi connectivity index (χ0) is 15.2. The van der Waals surface area contributed by atoms with E-state index in [1.165, 1.54) is 29.8 Å². The number of hydrogen-bond acceptors (Lipinski definition) is 3. The Morgan fingerprint density at radius 3 is 1.90 bits per heavy atom. The number of hydrogen-bond donors (Lipinski definition) is 3. The third-order valence-electron chi connectivity index (χ3n) is 3.13. The van der Waals surface area contributed by atoms with E-state index in [2.05, 4.69) is 12.2 Å². The molecule has 5 heteroatoms. The molecule has 108 valence electrons. The molecule has 0 fully saturated rings. The molecular weight excluding hydrogens is 268 g/mol. The van der Waals surface area contributed by atoms with Gasteiger partial charge in [0.25, 0.3) is 11.8 Å². The van der Waals surface area contributed by atoms with Gasteiger partial charge >= 0.3 is 0 Å². The van der Waals surface area contributed by atoms with Crippen molar-refractivity contribution in [2.24, 2.45) is 0 Å². The highest BCUT2D eigenvalue weighted by Gasteiger charge is 2.08. The molecule has 0 atom stereocenters. The average molecular weight is 284 g/mol. The number of carbonyl (C=O) groups excluding carboxylic acids is 2. The highest BCUT2D eigenvalue weighted by molar-refractivity contribution is 6.05. The van der Waals surface area contributed by atoms with Gasteiger partial charge < -0.3 is 5.32 Å². The van der Waals surface area contributed by atoms with Gasteiger partial charge in [-0.25, -0.2) is 5.48 Å². The second-order valence-corrected chi connectivity index (χ2v) is 4.52. The van der Waals surface area contributed by atoms with Crippen LogP contribution >= 0.6 is 0 Å². The first-order valence-corrected chi connectivity index (χ1v) is 6.59. The topological polar surface area (TPSA) is 78.4 Å². The van der Waals surface area contributed by atoms with Gasteiger partial charge in [-0.15, -0.1) is 0 Å². The number of carbonyl (C=O) groups is 2. The second-order valence-electron chi connectivity index (χ2n) is 4.52. The van der Waals surface area contributed by atoms with Gasteiger partial charge in [0, 0.05) is 16.8 Å². The summed E-state index contributed by atoms with van der Waals surface area (Å²) in [6.07, 6.45) is 0.947. The lowest BCUT2D eigenvalue weighted by molar-refractivity contribution is 0.0706. The van der Waals surface area contributed by atoms with Crippen molar-refractivity contribution >= 4 is 17.5 Å². The van der Waals surface area contributed by atoms with Gasteiger partial charge in [-0.1, -0.05) is 19.1 Å². The summed E-state index contributed by atoms with van der Waals surface area (Å²) in [5.74, 6) is -0.868. The summed E-state index contributed by atoms with van der Waals surface area (Å²) >= 11 is 0. The SMILES string of the molecule is CCc1ccc(NC(=O)c2ccc(C(=O)NO)cc2)cc1. The normalized spacial score (nSPS) is 10.0. The Morgan fingerprint density at radius 1 is 0.905 bits per heavy atom. The second kappa shape index (κ2) is 6.67. The van der Waals surface area contributed by atoms with Crippen molar-refractivity contribution in [3.63, 3.8) is 0 Å². The molecule has 2 aromatic rings. The molecule has 0 unspecified atom stereocenters. The molecule has 2 amide bonds. The van der Waals surface area contributed by atoms with Crippen LogP contribution in [0.4, 0.5) is 5.69 Å². The smallest absolute Gasteiger partial charge is 0.274 e.